The van der Waals surface area contributed by atoms with Gasteiger partial charge < -0.3 is 19.7 Å². The first kappa shape index (κ1) is 27.2. The molecule has 1 aromatic rings. The highest BCUT2D eigenvalue weighted by Crippen LogP contribution is 2.45. The van der Waals surface area contributed by atoms with Gasteiger partial charge in [0.2, 0.25) is 5.91 Å². The summed E-state index contributed by atoms with van der Waals surface area (Å²) in [6.45, 7) is 1.70. The summed E-state index contributed by atoms with van der Waals surface area (Å²) in [4.78, 5) is 15.5. The molecule has 1 N–H and O–H groups in total. The number of hydrogen-bond acceptors (Lipinski definition) is 4. The predicted molar refractivity (Wildman–Crippen MR) is 119 cm³/mol. The third kappa shape index (κ3) is 6.34. The molecule has 202 valence electrons. The van der Waals surface area contributed by atoms with Gasteiger partial charge in [0.05, 0.1) is 29.3 Å². The Kier molecular flexibility index (Phi) is 7.92. The fourth-order valence-corrected chi connectivity index (χ4v) is 5.46. The van der Waals surface area contributed by atoms with Crippen molar-refractivity contribution >= 4 is 5.91 Å². The maximum Gasteiger partial charge on any atom is 0.416 e. The first-order valence-electron chi connectivity index (χ1n) is 12.3. The van der Waals surface area contributed by atoms with Crippen LogP contribution in [0.15, 0.2) is 18.2 Å². The lowest BCUT2D eigenvalue weighted by Gasteiger charge is -2.39. The van der Waals surface area contributed by atoms with Gasteiger partial charge in [-0.1, -0.05) is 12.8 Å². The molecule has 2 aliphatic heterocycles. The number of methoxy groups -OCH3 is 1. The number of carbonyl (C=O) groups excluding carboxylic acids is 1. The maximum atomic E-state index is 14.0. The van der Waals surface area contributed by atoms with Crippen molar-refractivity contribution in [3.63, 3.8) is 0 Å². The molecule has 0 bridgehead atoms. The van der Waals surface area contributed by atoms with Crippen LogP contribution in [0, 0.1) is 17.3 Å². The van der Waals surface area contributed by atoms with E-state index >= 15 is 0 Å². The third-order valence-electron chi connectivity index (χ3n) is 7.58. The number of nitrogens with one attached hydrogen (secondary N) is 1. The lowest BCUT2D eigenvalue weighted by molar-refractivity contribution is -0.146. The van der Waals surface area contributed by atoms with Crippen molar-refractivity contribution in [2.45, 2.75) is 57.1 Å². The van der Waals surface area contributed by atoms with Gasteiger partial charge >= 0.3 is 12.4 Å². The van der Waals surface area contributed by atoms with Crippen LogP contribution < -0.4 is 5.32 Å². The summed E-state index contributed by atoms with van der Waals surface area (Å²) >= 11 is 0. The fraction of sp³-hybridized carbons (Fsp3) is 0.720. The highest BCUT2D eigenvalue weighted by atomic mass is 19.4. The number of amides is 1. The van der Waals surface area contributed by atoms with E-state index < -0.39 is 28.9 Å². The average molecular weight is 523 g/mol. The second-order valence-electron chi connectivity index (χ2n) is 10.4. The van der Waals surface area contributed by atoms with Crippen LogP contribution in [0.2, 0.25) is 0 Å². The minimum atomic E-state index is -4.95. The Labute approximate surface area is 206 Å². The zero-order valence-electron chi connectivity index (χ0n) is 20.2. The average Bonchev–Trinajstić information content (AvgIpc) is 3.50. The van der Waals surface area contributed by atoms with Gasteiger partial charge in [-0.15, -0.1) is 0 Å². The molecule has 5 nitrogen and oxygen atoms in total. The van der Waals surface area contributed by atoms with Crippen molar-refractivity contribution < 1.29 is 40.6 Å². The molecule has 2 saturated heterocycles. The van der Waals surface area contributed by atoms with Crippen molar-refractivity contribution in [1.82, 2.24) is 10.2 Å². The molecule has 1 aliphatic carbocycles. The second-order valence-corrected chi connectivity index (χ2v) is 10.4. The molecule has 3 aliphatic rings. The van der Waals surface area contributed by atoms with Crippen LogP contribution >= 0.6 is 0 Å². The van der Waals surface area contributed by atoms with Crippen LogP contribution in [-0.2, 0) is 33.2 Å². The van der Waals surface area contributed by atoms with Crippen molar-refractivity contribution in [1.29, 1.82) is 0 Å². The van der Waals surface area contributed by atoms with Gasteiger partial charge in [0, 0.05) is 39.3 Å². The van der Waals surface area contributed by atoms with Gasteiger partial charge in [-0.05, 0) is 55.5 Å². The first-order valence-corrected chi connectivity index (χ1v) is 12.3. The lowest BCUT2D eigenvalue weighted by Crippen LogP contribution is -2.49. The summed E-state index contributed by atoms with van der Waals surface area (Å²) in [5, 5.41) is 3.24. The van der Waals surface area contributed by atoms with E-state index in [0.717, 1.165) is 12.8 Å². The molecule has 0 spiro atoms. The summed E-state index contributed by atoms with van der Waals surface area (Å²) in [6, 6.07) is 1.55. The predicted octanol–water partition coefficient (Wildman–Crippen LogP) is 4.88. The monoisotopic (exact) mass is 522 g/mol. The van der Waals surface area contributed by atoms with Crippen molar-refractivity contribution in [2.24, 2.45) is 17.3 Å². The molecule has 3 unspecified atom stereocenters. The van der Waals surface area contributed by atoms with Crippen LogP contribution in [-0.4, -0.2) is 56.9 Å². The number of alkyl halides is 6. The molecule has 4 rings (SSSR count). The highest BCUT2D eigenvalue weighted by molar-refractivity contribution is 5.83. The van der Waals surface area contributed by atoms with Gasteiger partial charge in [-0.3, -0.25) is 4.79 Å². The van der Waals surface area contributed by atoms with Crippen molar-refractivity contribution in [2.75, 3.05) is 40.0 Å². The number of nitrogens with zero attached hydrogens (tertiary/aromatic N) is 1. The number of hydrogen-bond donors (Lipinski definition) is 1. The molecule has 1 amide bonds. The summed E-state index contributed by atoms with van der Waals surface area (Å²) < 4.78 is 91.8. The van der Waals surface area contributed by atoms with Gasteiger partial charge in [0.25, 0.3) is 0 Å². The number of carbonyl (C=O) groups is 1. The van der Waals surface area contributed by atoms with E-state index in [4.69, 9.17) is 9.47 Å². The Hall–Kier alpha value is -1.85. The molecule has 3 atom stereocenters. The fourth-order valence-electron chi connectivity index (χ4n) is 5.46. The Balaban J connectivity index is 1.68. The SMILES string of the molecule is COC1COCCC1CN(Cc1cc(C(F)(F)F)cc(C(F)(F)F)c1)C(=O)C1(CC2CC2)CCNC1. The van der Waals surface area contributed by atoms with E-state index in [0.29, 0.717) is 63.6 Å². The van der Waals surface area contributed by atoms with E-state index in [1.807, 2.05) is 0 Å². The minimum absolute atomic E-state index is 0.116. The van der Waals surface area contributed by atoms with Crippen LogP contribution in [0.1, 0.15) is 48.8 Å². The zero-order valence-corrected chi connectivity index (χ0v) is 20.2. The summed E-state index contributed by atoms with van der Waals surface area (Å²) in [6.07, 6.45) is -6.31. The number of halogens is 6. The summed E-state index contributed by atoms with van der Waals surface area (Å²) in [5.74, 6) is 0.0653. The maximum absolute atomic E-state index is 14.0. The summed E-state index contributed by atoms with van der Waals surface area (Å²) in [7, 11) is 1.52. The number of rotatable bonds is 8. The molecular weight excluding hydrogens is 490 g/mol. The van der Waals surface area contributed by atoms with E-state index in [1.54, 1.807) is 0 Å². The van der Waals surface area contributed by atoms with E-state index in [1.165, 1.54) is 12.0 Å². The standard InChI is InChI=1S/C25H32F6N2O3/c1-35-21-14-36-7-4-18(21)13-33(22(34)23(5-6-32-15-23)11-16-2-3-16)12-17-8-19(24(26,27)28)10-20(9-17)25(29,30)31/h8-10,16,18,21,32H,2-7,11-15H2,1H3. The zero-order chi connectivity index (χ0) is 26.1. The molecular formula is C25H32F6N2O3. The van der Waals surface area contributed by atoms with Gasteiger partial charge in [0.1, 0.15) is 0 Å². The van der Waals surface area contributed by atoms with E-state index in [9.17, 15) is 31.1 Å². The molecule has 1 saturated carbocycles. The Morgan fingerprint density at radius 3 is 2.31 bits per heavy atom. The molecule has 3 fully saturated rings. The van der Waals surface area contributed by atoms with Crippen LogP contribution in [0.5, 0.6) is 0 Å². The first-order chi connectivity index (χ1) is 16.9. The van der Waals surface area contributed by atoms with Gasteiger partial charge in [-0.25, -0.2) is 0 Å². The Morgan fingerprint density at radius 2 is 1.78 bits per heavy atom. The lowest BCUT2D eigenvalue weighted by atomic mass is 9.79. The Bertz CT molecular complexity index is 893. The number of benzene rings is 1. The number of ether oxygens (including phenoxy) is 2. The molecule has 11 heteroatoms. The molecule has 0 radical (unpaired) electrons. The second kappa shape index (κ2) is 10.5. The van der Waals surface area contributed by atoms with Crippen LogP contribution in [0.4, 0.5) is 26.3 Å². The highest BCUT2D eigenvalue weighted by Gasteiger charge is 2.47. The van der Waals surface area contributed by atoms with Crippen molar-refractivity contribution in [3.05, 3.63) is 34.9 Å². The summed E-state index contributed by atoms with van der Waals surface area (Å²) in [5.41, 5.74) is -3.66. The van der Waals surface area contributed by atoms with Gasteiger partial charge in [-0.2, -0.15) is 26.3 Å². The van der Waals surface area contributed by atoms with Crippen LogP contribution in [0.3, 0.4) is 0 Å². The molecule has 0 aromatic heterocycles. The van der Waals surface area contributed by atoms with E-state index in [-0.39, 0.29) is 42.6 Å². The molecule has 2 heterocycles. The third-order valence-corrected chi connectivity index (χ3v) is 7.58. The molecule has 1 aromatic carbocycles. The molecule has 36 heavy (non-hydrogen) atoms. The quantitative estimate of drug-likeness (QED) is 0.495. The largest absolute Gasteiger partial charge is 0.416 e. The normalized spacial score (nSPS) is 27.3. The van der Waals surface area contributed by atoms with Crippen molar-refractivity contribution in [3.8, 4) is 0 Å². The van der Waals surface area contributed by atoms with E-state index in [2.05, 4.69) is 5.32 Å². The van der Waals surface area contributed by atoms with Gasteiger partial charge in [0.15, 0.2) is 0 Å². The topological polar surface area (TPSA) is 50.8 Å². The van der Waals surface area contributed by atoms with Crippen LogP contribution in [0.25, 0.3) is 0 Å². The smallest absolute Gasteiger partial charge is 0.379 e. The minimum Gasteiger partial charge on any atom is -0.379 e. The Morgan fingerprint density at radius 1 is 1.11 bits per heavy atom.